The molecule has 1 aromatic rings. The topological polar surface area (TPSA) is 35.5 Å². The van der Waals surface area contributed by atoms with E-state index in [9.17, 15) is 4.79 Å². The van der Waals surface area contributed by atoms with Crippen molar-refractivity contribution in [3.63, 3.8) is 0 Å². The Morgan fingerprint density at radius 3 is 2.36 bits per heavy atom. The number of esters is 1. The van der Waals surface area contributed by atoms with Gasteiger partial charge in [-0.3, -0.25) is 0 Å². The quantitative estimate of drug-likeness (QED) is 0.257. The molecule has 0 aromatic heterocycles. The van der Waals surface area contributed by atoms with Crippen LogP contribution in [0.5, 0.6) is 0 Å². The third kappa shape index (κ3) is 5.92. The lowest BCUT2D eigenvalue weighted by atomic mass is 10.2. The molecule has 0 fully saturated rings. The maximum Gasteiger partial charge on any atom is 0.339 e. The third-order valence-electron chi connectivity index (χ3n) is 3.83. The van der Waals surface area contributed by atoms with Gasteiger partial charge in [-0.2, -0.15) is 0 Å². The highest BCUT2D eigenvalue weighted by Crippen LogP contribution is 2.37. The highest BCUT2D eigenvalue weighted by molar-refractivity contribution is 6.74. The average molecular weight is 318 g/mol. The molecule has 0 radical (unpaired) electrons. The largest absolute Gasteiger partial charge is 0.541 e. The molecule has 1 aromatic carbocycles. The van der Waals surface area contributed by atoms with Crippen LogP contribution in [0.15, 0.2) is 47.9 Å². The van der Waals surface area contributed by atoms with Crippen LogP contribution in [-0.4, -0.2) is 14.3 Å². The van der Waals surface area contributed by atoms with Gasteiger partial charge in [0.25, 0.3) is 8.32 Å². The van der Waals surface area contributed by atoms with E-state index in [0.29, 0.717) is 5.76 Å². The van der Waals surface area contributed by atoms with E-state index in [-0.39, 0.29) is 11.6 Å². The van der Waals surface area contributed by atoms with Crippen LogP contribution in [0.4, 0.5) is 0 Å². The highest BCUT2D eigenvalue weighted by atomic mass is 28.4. The molecule has 0 N–H and O–H groups in total. The summed E-state index contributed by atoms with van der Waals surface area (Å²) in [5, 5.41) is 0.115. The maximum absolute atomic E-state index is 11.7. The van der Waals surface area contributed by atoms with Gasteiger partial charge < -0.3 is 9.16 Å². The first-order chi connectivity index (χ1) is 10.1. The first-order valence-corrected chi connectivity index (χ1v) is 10.4. The molecule has 3 nitrogen and oxygen atoms in total. The second kappa shape index (κ2) is 7.48. The Kier molecular flexibility index (Phi) is 6.21. The van der Waals surface area contributed by atoms with E-state index in [1.165, 1.54) is 6.08 Å². The first-order valence-electron chi connectivity index (χ1n) is 7.45. The van der Waals surface area contributed by atoms with Gasteiger partial charge in [-0.15, -0.1) is 0 Å². The Bertz CT molecular complexity index is 562. The van der Waals surface area contributed by atoms with E-state index in [0.717, 1.165) is 5.56 Å². The van der Waals surface area contributed by atoms with Gasteiger partial charge in [-0.25, -0.2) is 4.79 Å². The minimum Gasteiger partial charge on any atom is -0.541 e. The van der Waals surface area contributed by atoms with Crippen molar-refractivity contribution in [2.45, 2.75) is 52.4 Å². The van der Waals surface area contributed by atoms with E-state index >= 15 is 0 Å². The van der Waals surface area contributed by atoms with Crippen LogP contribution in [0.2, 0.25) is 18.1 Å². The number of hydrogen-bond acceptors (Lipinski definition) is 3. The smallest absolute Gasteiger partial charge is 0.339 e. The maximum atomic E-state index is 11.7. The Morgan fingerprint density at radius 1 is 1.23 bits per heavy atom. The second-order valence-corrected chi connectivity index (χ2v) is 11.5. The number of carbonyl (C=O) groups excluding carboxylic acids is 1. The average Bonchev–Trinajstić information content (AvgIpc) is 2.42. The fourth-order valence-electron chi connectivity index (χ4n) is 1.50. The molecule has 0 atom stereocenters. The van der Waals surface area contributed by atoms with Gasteiger partial charge in [0.1, 0.15) is 12.4 Å². The molecule has 0 unspecified atom stereocenters. The van der Waals surface area contributed by atoms with Gasteiger partial charge in [-0.05, 0) is 30.6 Å². The van der Waals surface area contributed by atoms with Crippen LogP contribution < -0.4 is 0 Å². The predicted octanol–water partition coefficient (Wildman–Crippen LogP) is 4.81. The van der Waals surface area contributed by atoms with Crippen molar-refractivity contribution in [2.24, 2.45) is 0 Å². The van der Waals surface area contributed by atoms with Crippen molar-refractivity contribution in [1.82, 2.24) is 0 Å². The molecule has 0 aliphatic carbocycles. The standard InChI is InChI=1S/C18H26O3Si/c1-15(21-22(5,6)18(2,3)4)12-13-17(19)20-14-16-10-8-7-9-11-16/h7-11,13H,14H2,1-6H3. The van der Waals surface area contributed by atoms with Gasteiger partial charge in [0.15, 0.2) is 0 Å². The Balaban J connectivity index is 2.60. The SMILES string of the molecule is CC(=C=CC(=O)OCc1ccccc1)O[Si](C)(C)C(C)(C)C. The summed E-state index contributed by atoms with van der Waals surface area (Å²) in [7, 11) is -1.88. The lowest BCUT2D eigenvalue weighted by Crippen LogP contribution is -2.40. The van der Waals surface area contributed by atoms with Crippen molar-refractivity contribution in [3.8, 4) is 0 Å². The van der Waals surface area contributed by atoms with E-state index in [2.05, 4.69) is 39.6 Å². The zero-order valence-corrected chi connectivity index (χ0v) is 15.4. The minimum atomic E-state index is -1.88. The number of benzene rings is 1. The van der Waals surface area contributed by atoms with Crippen molar-refractivity contribution in [2.75, 3.05) is 0 Å². The zero-order chi connectivity index (χ0) is 16.8. The molecule has 0 aliphatic rings. The second-order valence-electron chi connectivity index (χ2n) is 6.80. The Hall–Kier alpha value is -1.77. The van der Waals surface area contributed by atoms with Crippen LogP contribution >= 0.6 is 0 Å². The third-order valence-corrected chi connectivity index (χ3v) is 8.26. The number of carbonyl (C=O) groups is 1. The molecular formula is C18H26O3Si. The lowest BCUT2D eigenvalue weighted by molar-refractivity contribution is -0.139. The normalized spacial score (nSPS) is 11.4. The molecule has 1 rings (SSSR count). The Labute approximate surface area is 134 Å². The number of rotatable bonds is 5. The van der Waals surface area contributed by atoms with E-state index in [4.69, 9.17) is 9.16 Å². The van der Waals surface area contributed by atoms with Crippen molar-refractivity contribution in [3.05, 3.63) is 53.5 Å². The first kappa shape index (κ1) is 18.3. The lowest BCUT2D eigenvalue weighted by Gasteiger charge is -2.36. The van der Waals surface area contributed by atoms with E-state index in [1.54, 1.807) is 0 Å². The summed E-state index contributed by atoms with van der Waals surface area (Å²) >= 11 is 0. The van der Waals surface area contributed by atoms with Crippen LogP contribution in [0.25, 0.3) is 0 Å². The van der Waals surface area contributed by atoms with E-state index < -0.39 is 14.3 Å². The monoisotopic (exact) mass is 318 g/mol. The van der Waals surface area contributed by atoms with Crippen LogP contribution in [-0.2, 0) is 20.6 Å². The number of hydrogen-bond donors (Lipinski definition) is 0. The van der Waals surface area contributed by atoms with Gasteiger partial charge in [0.05, 0.1) is 6.08 Å². The summed E-state index contributed by atoms with van der Waals surface area (Å²) in [4.78, 5) is 11.7. The molecule has 0 spiro atoms. The minimum absolute atomic E-state index is 0.115. The molecule has 0 saturated carbocycles. The summed E-state index contributed by atoms with van der Waals surface area (Å²) in [5.74, 6) is 0.213. The van der Waals surface area contributed by atoms with Crippen molar-refractivity contribution >= 4 is 14.3 Å². The van der Waals surface area contributed by atoms with Gasteiger partial charge in [0, 0.05) is 0 Å². The van der Waals surface area contributed by atoms with Crippen LogP contribution in [0.3, 0.4) is 0 Å². The van der Waals surface area contributed by atoms with Crippen molar-refractivity contribution < 1.29 is 14.0 Å². The van der Waals surface area contributed by atoms with Crippen molar-refractivity contribution in [1.29, 1.82) is 0 Å². The summed E-state index contributed by atoms with van der Waals surface area (Å²) in [6.07, 6.45) is 1.30. The highest BCUT2D eigenvalue weighted by Gasteiger charge is 2.38. The zero-order valence-electron chi connectivity index (χ0n) is 14.4. The van der Waals surface area contributed by atoms with Gasteiger partial charge in [-0.1, -0.05) is 56.8 Å². The predicted molar refractivity (Wildman–Crippen MR) is 91.8 cm³/mol. The molecular weight excluding hydrogens is 292 g/mol. The fraction of sp³-hybridized carbons (Fsp3) is 0.444. The van der Waals surface area contributed by atoms with Gasteiger partial charge in [0.2, 0.25) is 0 Å². The molecule has 4 heteroatoms. The molecule has 0 amide bonds. The molecule has 0 heterocycles. The number of ether oxygens (including phenoxy) is 1. The van der Waals surface area contributed by atoms with Crippen LogP contribution in [0.1, 0.15) is 33.3 Å². The Morgan fingerprint density at radius 2 is 1.82 bits per heavy atom. The molecule has 0 saturated heterocycles. The van der Waals surface area contributed by atoms with Crippen LogP contribution in [0, 0.1) is 0 Å². The summed E-state index contributed by atoms with van der Waals surface area (Å²) in [6, 6.07) is 9.58. The van der Waals surface area contributed by atoms with E-state index in [1.807, 2.05) is 37.3 Å². The molecule has 22 heavy (non-hydrogen) atoms. The summed E-state index contributed by atoms with van der Waals surface area (Å²) < 4.78 is 11.2. The molecule has 120 valence electrons. The van der Waals surface area contributed by atoms with Gasteiger partial charge >= 0.3 is 5.97 Å². The summed E-state index contributed by atoms with van der Waals surface area (Å²) in [6.45, 7) is 12.9. The molecule has 0 bridgehead atoms. The summed E-state index contributed by atoms with van der Waals surface area (Å²) in [5.41, 5.74) is 3.84. The fourth-order valence-corrected chi connectivity index (χ4v) is 2.63. The molecule has 0 aliphatic heterocycles.